The highest BCUT2D eigenvalue weighted by atomic mass is 79.9. The van der Waals surface area contributed by atoms with Gasteiger partial charge in [0.1, 0.15) is 4.21 Å². The van der Waals surface area contributed by atoms with Gasteiger partial charge >= 0.3 is 0 Å². The fourth-order valence-corrected chi connectivity index (χ4v) is 5.26. The molecule has 0 amide bonds. The second-order valence-corrected chi connectivity index (χ2v) is 8.16. The van der Waals surface area contributed by atoms with Gasteiger partial charge in [0.15, 0.2) is 0 Å². The Hall–Kier alpha value is 0.380. The van der Waals surface area contributed by atoms with Crippen LogP contribution in [0, 0.1) is 0 Å². The van der Waals surface area contributed by atoms with Gasteiger partial charge in [-0.25, -0.2) is 8.42 Å². The van der Waals surface area contributed by atoms with E-state index in [1.807, 2.05) is 6.92 Å². The minimum atomic E-state index is -3.37. The summed E-state index contributed by atoms with van der Waals surface area (Å²) >= 11 is 10.1. The average molecular weight is 347 g/mol. The standard InChI is InChI=1S/C9H13BrClNO2S2/c1-2-6-12(7-5-11)16(13,14)9-4-3-8(10)15-9/h3-4H,2,5-7H2,1H3. The highest BCUT2D eigenvalue weighted by molar-refractivity contribution is 9.11. The van der Waals surface area contributed by atoms with Crippen molar-refractivity contribution < 1.29 is 8.42 Å². The second kappa shape index (κ2) is 6.35. The zero-order valence-corrected chi connectivity index (χ0v) is 12.8. The molecule has 1 aromatic heterocycles. The molecule has 0 atom stereocenters. The zero-order valence-electron chi connectivity index (χ0n) is 8.82. The van der Waals surface area contributed by atoms with Gasteiger partial charge in [-0.2, -0.15) is 4.31 Å². The zero-order chi connectivity index (χ0) is 12.2. The molecule has 0 aliphatic rings. The normalized spacial score (nSPS) is 12.2. The Kier molecular flexibility index (Phi) is 5.73. The molecule has 0 saturated carbocycles. The lowest BCUT2D eigenvalue weighted by atomic mass is 10.5. The van der Waals surface area contributed by atoms with Crippen LogP contribution in [-0.4, -0.2) is 31.7 Å². The van der Waals surface area contributed by atoms with Gasteiger partial charge < -0.3 is 0 Å². The van der Waals surface area contributed by atoms with Crippen LogP contribution in [0.1, 0.15) is 13.3 Å². The van der Waals surface area contributed by atoms with E-state index < -0.39 is 10.0 Å². The lowest BCUT2D eigenvalue weighted by Gasteiger charge is -2.19. The summed E-state index contributed by atoms with van der Waals surface area (Å²) in [4.78, 5) is 0. The largest absolute Gasteiger partial charge is 0.252 e. The second-order valence-electron chi connectivity index (χ2n) is 3.15. The summed E-state index contributed by atoms with van der Waals surface area (Å²) in [6, 6.07) is 3.35. The number of hydrogen-bond acceptors (Lipinski definition) is 3. The Labute approximate surface area is 114 Å². The third-order valence-corrected chi connectivity index (χ3v) is 6.11. The minimum Gasteiger partial charge on any atom is -0.206 e. The monoisotopic (exact) mass is 345 g/mol. The first-order valence-electron chi connectivity index (χ1n) is 4.83. The molecule has 0 bridgehead atoms. The van der Waals surface area contributed by atoms with Gasteiger partial charge in [0.2, 0.25) is 0 Å². The molecule has 16 heavy (non-hydrogen) atoms. The number of nitrogens with zero attached hydrogens (tertiary/aromatic N) is 1. The summed E-state index contributed by atoms with van der Waals surface area (Å²) < 4.78 is 27.0. The fraction of sp³-hybridized carbons (Fsp3) is 0.556. The molecule has 0 unspecified atom stereocenters. The van der Waals surface area contributed by atoms with Crippen LogP contribution in [-0.2, 0) is 10.0 Å². The van der Waals surface area contributed by atoms with Gasteiger partial charge in [0.05, 0.1) is 3.79 Å². The molecule has 0 fully saturated rings. The molecule has 1 aromatic rings. The molecule has 0 aliphatic heterocycles. The van der Waals surface area contributed by atoms with Gasteiger partial charge in [-0.1, -0.05) is 6.92 Å². The Morgan fingerprint density at radius 1 is 1.44 bits per heavy atom. The van der Waals surface area contributed by atoms with Crippen LogP contribution in [0.3, 0.4) is 0 Å². The lowest BCUT2D eigenvalue weighted by Crippen LogP contribution is -2.33. The number of sulfonamides is 1. The van der Waals surface area contributed by atoms with Crippen molar-refractivity contribution in [1.82, 2.24) is 4.31 Å². The molecule has 0 saturated heterocycles. The molecule has 92 valence electrons. The SMILES string of the molecule is CCCN(CCCl)S(=O)(=O)c1ccc(Br)s1. The fourth-order valence-electron chi connectivity index (χ4n) is 1.26. The smallest absolute Gasteiger partial charge is 0.206 e. The van der Waals surface area contributed by atoms with Crippen LogP contribution in [0.2, 0.25) is 0 Å². The first-order valence-corrected chi connectivity index (χ1v) is 8.42. The maximum absolute atomic E-state index is 12.2. The summed E-state index contributed by atoms with van der Waals surface area (Å²) in [5.74, 6) is 0.311. The molecule has 1 rings (SSSR count). The summed E-state index contributed by atoms with van der Waals surface area (Å²) in [5.41, 5.74) is 0. The molecular weight excluding hydrogens is 334 g/mol. The van der Waals surface area contributed by atoms with Crippen molar-refractivity contribution in [2.24, 2.45) is 0 Å². The predicted molar refractivity (Wildman–Crippen MR) is 71.8 cm³/mol. The van der Waals surface area contributed by atoms with E-state index in [4.69, 9.17) is 11.6 Å². The van der Waals surface area contributed by atoms with Crippen LogP contribution < -0.4 is 0 Å². The topological polar surface area (TPSA) is 37.4 Å². The van der Waals surface area contributed by atoms with E-state index in [9.17, 15) is 8.42 Å². The van der Waals surface area contributed by atoms with E-state index in [1.54, 1.807) is 12.1 Å². The minimum absolute atomic E-state index is 0.311. The number of halogens is 2. The van der Waals surface area contributed by atoms with Crippen molar-refractivity contribution in [2.45, 2.75) is 17.6 Å². The summed E-state index contributed by atoms with van der Waals surface area (Å²) in [7, 11) is -3.37. The van der Waals surface area contributed by atoms with E-state index in [2.05, 4.69) is 15.9 Å². The van der Waals surface area contributed by atoms with Gasteiger partial charge in [-0.3, -0.25) is 0 Å². The molecule has 0 aliphatic carbocycles. The van der Waals surface area contributed by atoms with Crippen molar-refractivity contribution >= 4 is 48.9 Å². The van der Waals surface area contributed by atoms with Gasteiger partial charge in [0, 0.05) is 19.0 Å². The van der Waals surface area contributed by atoms with Crippen molar-refractivity contribution in [1.29, 1.82) is 0 Å². The molecular formula is C9H13BrClNO2S2. The third-order valence-electron chi connectivity index (χ3n) is 1.95. The van der Waals surface area contributed by atoms with Gasteiger partial charge in [0.25, 0.3) is 10.0 Å². The summed E-state index contributed by atoms with van der Waals surface area (Å²) in [5, 5.41) is 0. The average Bonchev–Trinajstić information content (AvgIpc) is 2.65. The molecule has 0 radical (unpaired) electrons. The molecule has 7 heteroatoms. The van der Waals surface area contributed by atoms with Crippen molar-refractivity contribution in [3.63, 3.8) is 0 Å². The lowest BCUT2D eigenvalue weighted by molar-refractivity contribution is 0.430. The Morgan fingerprint density at radius 2 is 2.12 bits per heavy atom. The maximum atomic E-state index is 12.2. The third kappa shape index (κ3) is 3.43. The van der Waals surface area contributed by atoms with Crippen LogP contribution in [0.5, 0.6) is 0 Å². The Morgan fingerprint density at radius 3 is 2.56 bits per heavy atom. The van der Waals surface area contributed by atoms with Crippen molar-refractivity contribution in [2.75, 3.05) is 19.0 Å². The number of hydrogen-bond donors (Lipinski definition) is 0. The number of rotatable bonds is 6. The van der Waals surface area contributed by atoms with E-state index >= 15 is 0 Å². The predicted octanol–water partition coefficient (Wildman–Crippen LogP) is 3.15. The van der Waals surface area contributed by atoms with Gasteiger partial charge in [-0.15, -0.1) is 22.9 Å². The molecule has 0 aromatic carbocycles. The first kappa shape index (κ1) is 14.4. The van der Waals surface area contributed by atoms with Crippen LogP contribution in [0.4, 0.5) is 0 Å². The molecule has 0 spiro atoms. The van der Waals surface area contributed by atoms with E-state index in [0.717, 1.165) is 10.2 Å². The molecule has 3 nitrogen and oxygen atoms in total. The highest BCUT2D eigenvalue weighted by Gasteiger charge is 2.24. The Balaban J connectivity index is 2.97. The van der Waals surface area contributed by atoms with E-state index in [0.29, 0.717) is 23.2 Å². The highest BCUT2D eigenvalue weighted by Crippen LogP contribution is 2.28. The molecule has 0 N–H and O–H groups in total. The number of alkyl halides is 1. The van der Waals surface area contributed by atoms with E-state index in [-0.39, 0.29) is 0 Å². The summed E-state index contributed by atoms with van der Waals surface area (Å²) in [6.45, 7) is 2.80. The first-order chi connectivity index (χ1) is 7.52. The Bertz CT molecular complexity index is 426. The van der Waals surface area contributed by atoms with Crippen LogP contribution in [0.25, 0.3) is 0 Å². The van der Waals surface area contributed by atoms with E-state index in [1.165, 1.54) is 15.6 Å². The quantitative estimate of drug-likeness (QED) is 0.742. The summed E-state index contributed by atoms with van der Waals surface area (Å²) in [6.07, 6.45) is 0.780. The number of thiophene rings is 1. The maximum Gasteiger partial charge on any atom is 0.252 e. The molecule has 1 heterocycles. The van der Waals surface area contributed by atoms with Crippen LogP contribution >= 0.6 is 38.9 Å². The van der Waals surface area contributed by atoms with Gasteiger partial charge in [-0.05, 0) is 34.5 Å². The van der Waals surface area contributed by atoms with Crippen molar-refractivity contribution in [3.8, 4) is 0 Å². The van der Waals surface area contributed by atoms with Crippen molar-refractivity contribution in [3.05, 3.63) is 15.9 Å². The van der Waals surface area contributed by atoms with Crippen LogP contribution in [0.15, 0.2) is 20.1 Å².